The summed E-state index contributed by atoms with van der Waals surface area (Å²) in [6.07, 6.45) is 0.442. The molecule has 4 rings (SSSR count). The fourth-order valence-electron chi connectivity index (χ4n) is 3.60. The van der Waals surface area contributed by atoms with Crippen LogP contribution in [0, 0.1) is 0 Å². The lowest BCUT2D eigenvalue weighted by Gasteiger charge is -2.34. The first kappa shape index (κ1) is 16.5. The first-order chi connectivity index (χ1) is 12.0. The van der Waals surface area contributed by atoms with Crippen molar-refractivity contribution in [2.24, 2.45) is 0 Å². The summed E-state index contributed by atoms with van der Waals surface area (Å²) in [6, 6.07) is 5.50. The minimum atomic E-state index is -0.106. The van der Waals surface area contributed by atoms with E-state index in [1.807, 2.05) is 12.1 Å². The molecule has 1 aliphatic heterocycles. The molecule has 0 saturated carbocycles. The van der Waals surface area contributed by atoms with Crippen molar-refractivity contribution >= 4 is 32.5 Å². The third kappa shape index (κ3) is 3.03. The monoisotopic (exact) mass is 359 g/mol. The van der Waals surface area contributed by atoms with Crippen LogP contribution in [0.25, 0.3) is 21.1 Å². The predicted octanol–water partition coefficient (Wildman–Crippen LogP) is 2.76. The van der Waals surface area contributed by atoms with Crippen molar-refractivity contribution in [3.8, 4) is 5.75 Å². The summed E-state index contributed by atoms with van der Waals surface area (Å²) >= 11 is 1.54. The van der Waals surface area contributed by atoms with E-state index in [1.54, 1.807) is 13.2 Å². The molecule has 2 aromatic heterocycles. The maximum absolute atomic E-state index is 12.4. The predicted molar refractivity (Wildman–Crippen MR) is 99.6 cm³/mol. The number of pyridine rings is 1. The quantitative estimate of drug-likeness (QED) is 0.779. The summed E-state index contributed by atoms with van der Waals surface area (Å²) in [5, 5.41) is 2.39. The third-order valence-corrected chi connectivity index (χ3v) is 5.44. The van der Waals surface area contributed by atoms with Crippen molar-refractivity contribution in [1.29, 1.82) is 0 Å². The van der Waals surface area contributed by atoms with Crippen LogP contribution in [0.3, 0.4) is 0 Å². The minimum Gasteiger partial charge on any atom is -0.496 e. The molecule has 0 bridgehead atoms. The highest BCUT2D eigenvalue weighted by Gasteiger charge is 2.23. The summed E-state index contributed by atoms with van der Waals surface area (Å²) in [5.74, 6) is 0.680. The Kier molecular flexibility index (Phi) is 4.23. The van der Waals surface area contributed by atoms with Crippen LogP contribution in [-0.2, 0) is 11.3 Å². The second kappa shape index (κ2) is 6.40. The molecule has 0 aliphatic carbocycles. The summed E-state index contributed by atoms with van der Waals surface area (Å²) in [7, 11) is 1.62. The molecule has 1 N–H and O–H groups in total. The van der Waals surface area contributed by atoms with E-state index in [0.717, 1.165) is 40.4 Å². The normalized spacial score (nSPS) is 21.9. The van der Waals surface area contributed by atoms with E-state index in [-0.39, 0.29) is 17.8 Å². The van der Waals surface area contributed by atoms with E-state index in [0.29, 0.717) is 11.1 Å². The number of hydrogen-bond acceptors (Lipinski definition) is 6. The van der Waals surface area contributed by atoms with Crippen molar-refractivity contribution in [1.82, 2.24) is 14.9 Å². The topological polar surface area (TPSA) is 67.5 Å². The first-order valence-corrected chi connectivity index (χ1v) is 9.23. The van der Waals surface area contributed by atoms with Gasteiger partial charge in [-0.15, -0.1) is 0 Å². The maximum atomic E-state index is 12.4. The van der Waals surface area contributed by atoms with Crippen molar-refractivity contribution < 1.29 is 9.47 Å². The Morgan fingerprint density at radius 2 is 2.12 bits per heavy atom. The van der Waals surface area contributed by atoms with Gasteiger partial charge in [-0.05, 0) is 26.0 Å². The molecule has 6 nitrogen and oxygen atoms in total. The van der Waals surface area contributed by atoms with Gasteiger partial charge in [-0.2, -0.15) is 0 Å². The molecule has 0 radical (unpaired) electrons. The molecule has 25 heavy (non-hydrogen) atoms. The van der Waals surface area contributed by atoms with Crippen molar-refractivity contribution in [2.75, 3.05) is 20.2 Å². The zero-order valence-electron chi connectivity index (χ0n) is 14.5. The van der Waals surface area contributed by atoms with Crippen LogP contribution >= 0.6 is 11.3 Å². The van der Waals surface area contributed by atoms with Gasteiger partial charge in [0, 0.05) is 13.1 Å². The van der Waals surface area contributed by atoms with Gasteiger partial charge in [0.15, 0.2) is 0 Å². The Bertz CT molecular complexity index is 971. The van der Waals surface area contributed by atoms with Crippen LogP contribution in [0.5, 0.6) is 5.75 Å². The molecule has 0 amide bonds. The lowest BCUT2D eigenvalue weighted by molar-refractivity contribution is -0.0704. The second-order valence-electron chi connectivity index (χ2n) is 6.57. The number of fused-ring (bicyclic) bond motifs is 3. The molecule has 1 fully saturated rings. The Balaban J connectivity index is 1.77. The molecule has 1 saturated heterocycles. The highest BCUT2D eigenvalue weighted by Crippen LogP contribution is 2.32. The molecule has 1 aliphatic rings. The Morgan fingerprint density at radius 3 is 2.84 bits per heavy atom. The van der Waals surface area contributed by atoms with Gasteiger partial charge in [-0.25, -0.2) is 4.98 Å². The van der Waals surface area contributed by atoms with E-state index >= 15 is 0 Å². The van der Waals surface area contributed by atoms with Gasteiger partial charge >= 0.3 is 0 Å². The van der Waals surface area contributed by atoms with E-state index in [9.17, 15) is 4.79 Å². The average molecular weight is 359 g/mol. The molecule has 7 heteroatoms. The highest BCUT2D eigenvalue weighted by molar-refractivity contribution is 7.18. The Labute approximate surface area is 149 Å². The van der Waals surface area contributed by atoms with E-state index in [4.69, 9.17) is 14.5 Å². The van der Waals surface area contributed by atoms with Gasteiger partial charge in [-0.3, -0.25) is 9.69 Å². The Hall–Kier alpha value is -1.96. The van der Waals surface area contributed by atoms with Gasteiger partial charge in [-0.1, -0.05) is 17.4 Å². The van der Waals surface area contributed by atoms with Crippen LogP contribution in [0.1, 0.15) is 18.9 Å². The maximum Gasteiger partial charge on any atom is 0.257 e. The lowest BCUT2D eigenvalue weighted by Crippen LogP contribution is -2.44. The Morgan fingerprint density at radius 1 is 1.36 bits per heavy atom. The van der Waals surface area contributed by atoms with E-state index in [2.05, 4.69) is 23.7 Å². The first-order valence-electron chi connectivity index (χ1n) is 8.41. The van der Waals surface area contributed by atoms with Crippen LogP contribution in [0.15, 0.2) is 23.0 Å². The summed E-state index contributed by atoms with van der Waals surface area (Å²) in [6.45, 7) is 6.73. The molecule has 2 atom stereocenters. The molecule has 0 spiro atoms. The summed E-state index contributed by atoms with van der Waals surface area (Å²) in [4.78, 5) is 23.3. The van der Waals surface area contributed by atoms with Gasteiger partial charge < -0.3 is 14.5 Å². The molecular weight excluding hydrogens is 338 g/mol. The van der Waals surface area contributed by atoms with Gasteiger partial charge in [0.1, 0.15) is 21.1 Å². The molecule has 0 unspecified atom stereocenters. The van der Waals surface area contributed by atoms with Crippen LogP contribution in [0.2, 0.25) is 0 Å². The lowest BCUT2D eigenvalue weighted by atomic mass is 10.1. The smallest absolute Gasteiger partial charge is 0.257 e. The molecule has 3 heterocycles. The number of morpholine rings is 1. The number of nitrogens with zero attached hydrogens (tertiary/aromatic N) is 2. The van der Waals surface area contributed by atoms with Crippen molar-refractivity contribution in [2.45, 2.75) is 32.6 Å². The van der Waals surface area contributed by atoms with E-state index in [1.165, 1.54) is 11.3 Å². The average Bonchev–Trinajstić information content (AvgIpc) is 2.95. The fourth-order valence-corrected chi connectivity index (χ4v) is 4.60. The highest BCUT2D eigenvalue weighted by atomic mass is 32.1. The fraction of sp³-hybridized carbons (Fsp3) is 0.444. The zero-order valence-corrected chi connectivity index (χ0v) is 15.4. The SMILES string of the molecule is COc1cccc2c(=O)[nH]c3sc(CN4C[C@@H](C)O[C@@H](C)C4)nc3c12. The minimum absolute atomic E-state index is 0.106. The standard InChI is InChI=1S/C18H21N3O3S/c1-10-7-21(8-11(2)24-10)9-14-19-16-15-12(5-4-6-13(15)23-3)17(22)20-18(16)25-14/h4-6,10-11H,7-9H2,1-3H3,(H,20,22)/t10-,11+. The second-order valence-corrected chi connectivity index (χ2v) is 7.66. The number of benzene rings is 1. The molecule has 1 aromatic carbocycles. The van der Waals surface area contributed by atoms with Crippen LogP contribution in [0.4, 0.5) is 0 Å². The van der Waals surface area contributed by atoms with Crippen LogP contribution < -0.4 is 10.3 Å². The number of aromatic nitrogens is 2. The number of aromatic amines is 1. The molecule has 3 aromatic rings. The van der Waals surface area contributed by atoms with Crippen molar-refractivity contribution in [3.63, 3.8) is 0 Å². The zero-order chi connectivity index (χ0) is 17.6. The number of ether oxygens (including phenoxy) is 2. The van der Waals surface area contributed by atoms with Gasteiger partial charge in [0.25, 0.3) is 5.56 Å². The molecule has 132 valence electrons. The van der Waals surface area contributed by atoms with Crippen LogP contribution in [-0.4, -0.2) is 47.3 Å². The third-order valence-electron chi connectivity index (χ3n) is 4.48. The number of thiazole rings is 1. The summed E-state index contributed by atoms with van der Waals surface area (Å²) < 4.78 is 11.3. The number of hydrogen-bond donors (Lipinski definition) is 1. The number of H-pyrrole nitrogens is 1. The number of nitrogens with one attached hydrogen (secondary N) is 1. The van der Waals surface area contributed by atoms with Gasteiger partial charge in [0.2, 0.25) is 0 Å². The molecular formula is C18H21N3O3S. The number of methoxy groups -OCH3 is 1. The summed E-state index contributed by atoms with van der Waals surface area (Å²) in [5.41, 5.74) is 0.701. The van der Waals surface area contributed by atoms with Gasteiger partial charge in [0.05, 0.1) is 36.6 Å². The van der Waals surface area contributed by atoms with E-state index < -0.39 is 0 Å². The number of rotatable bonds is 3. The largest absolute Gasteiger partial charge is 0.496 e. The van der Waals surface area contributed by atoms with Crippen molar-refractivity contribution in [3.05, 3.63) is 33.6 Å².